The minimum absolute atomic E-state index is 0.0886. The van der Waals surface area contributed by atoms with Crippen LogP contribution in [-0.4, -0.2) is 35.6 Å². The second-order valence-electron chi connectivity index (χ2n) is 5.37. The molecular weight excluding hydrogens is 338 g/mol. The maximum absolute atomic E-state index is 12.6. The predicted octanol–water partition coefficient (Wildman–Crippen LogP) is 1.94. The first-order valence-corrected chi connectivity index (χ1v) is 9.09. The Hall–Kier alpha value is -2.87. The lowest BCUT2D eigenvalue weighted by atomic mass is 10.3. The molecule has 0 aliphatic heterocycles. The lowest BCUT2D eigenvalue weighted by Gasteiger charge is -2.12. The molecule has 0 radical (unpaired) electrons. The summed E-state index contributed by atoms with van der Waals surface area (Å²) >= 11 is 0. The van der Waals surface area contributed by atoms with Crippen LogP contribution in [0.5, 0.6) is 0 Å². The molecule has 128 valence electrons. The first-order valence-electron chi connectivity index (χ1n) is 7.71. The number of carbonyl (C=O) groups is 1. The molecule has 1 aromatic heterocycles. The molecule has 1 heterocycles. The van der Waals surface area contributed by atoms with E-state index >= 15 is 0 Å². The van der Waals surface area contributed by atoms with Crippen molar-refractivity contribution in [2.75, 3.05) is 5.32 Å². The second kappa shape index (κ2) is 7.80. The molecular formula is C17H17N5O2S. The lowest BCUT2D eigenvalue weighted by molar-refractivity contribution is -0.115. The summed E-state index contributed by atoms with van der Waals surface area (Å²) in [5.41, 5.74) is 1.45. The van der Waals surface area contributed by atoms with Gasteiger partial charge >= 0.3 is 0 Å². The lowest BCUT2D eigenvalue weighted by Crippen LogP contribution is -2.30. The molecule has 0 spiro atoms. The van der Waals surface area contributed by atoms with E-state index < -0.39 is 16.0 Å². The van der Waals surface area contributed by atoms with E-state index in [9.17, 15) is 9.00 Å². The van der Waals surface area contributed by atoms with Gasteiger partial charge in [0.05, 0.1) is 11.4 Å². The van der Waals surface area contributed by atoms with Crippen LogP contribution >= 0.6 is 0 Å². The Morgan fingerprint density at radius 3 is 2.44 bits per heavy atom. The molecule has 3 rings (SSSR count). The average Bonchev–Trinajstić information content (AvgIpc) is 3.10. The van der Waals surface area contributed by atoms with Gasteiger partial charge in [-0.25, -0.2) is 0 Å². The number of tetrazole rings is 1. The summed E-state index contributed by atoms with van der Waals surface area (Å²) in [6, 6.07) is 18.4. The zero-order valence-corrected chi connectivity index (χ0v) is 14.4. The van der Waals surface area contributed by atoms with E-state index in [-0.39, 0.29) is 11.7 Å². The first kappa shape index (κ1) is 17.0. The summed E-state index contributed by atoms with van der Waals surface area (Å²) in [4.78, 5) is 12.3. The smallest absolute Gasteiger partial charge is 0.239 e. The Bertz CT molecular complexity index is 867. The van der Waals surface area contributed by atoms with Crippen LogP contribution in [0, 0.1) is 0 Å². The Labute approximate surface area is 147 Å². The molecule has 0 saturated carbocycles. The highest BCUT2D eigenvalue weighted by Crippen LogP contribution is 2.12. The number of aromatic nitrogens is 4. The van der Waals surface area contributed by atoms with E-state index in [0.29, 0.717) is 11.5 Å². The fraction of sp³-hybridized carbons (Fsp3) is 0.176. The Balaban J connectivity index is 1.68. The molecule has 0 aliphatic rings. The number of benzene rings is 2. The highest BCUT2D eigenvalue weighted by atomic mass is 32.2. The van der Waals surface area contributed by atoms with Crippen molar-refractivity contribution in [3.8, 4) is 5.69 Å². The molecule has 0 fully saturated rings. The summed E-state index contributed by atoms with van der Waals surface area (Å²) in [5, 5.41) is 13.6. The predicted molar refractivity (Wildman–Crippen MR) is 95.5 cm³/mol. The van der Waals surface area contributed by atoms with E-state index in [0.717, 1.165) is 5.69 Å². The molecule has 25 heavy (non-hydrogen) atoms. The number of para-hydroxylation sites is 2. The summed E-state index contributed by atoms with van der Waals surface area (Å²) in [6.07, 6.45) is 0. The molecule has 0 bridgehead atoms. The first-order chi connectivity index (χ1) is 12.1. The third-order valence-corrected chi connectivity index (χ3v) is 5.16. The number of hydrogen-bond acceptors (Lipinski definition) is 5. The fourth-order valence-electron chi connectivity index (χ4n) is 2.20. The van der Waals surface area contributed by atoms with Crippen LogP contribution in [0.3, 0.4) is 0 Å². The SMILES string of the molecule is C[C@H](C(=O)Nc1ccccc1)[S@](=O)Cc1nnnn1-c1ccccc1. The quantitative estimate of drug-likeness (QED) is 0.730. The van der Waals surface area contributed by atoms with Gasteiger partial charge in [-0.2, -0.15) is 4.68 Å². The Morgan fingerprint density at radius 1 is 1.12 bits per heavy atom. The maximum Gasteiger partial charge on any atom is 0.239 e. The molecule has 0 unspecified atom stereocenters. The van der Waals surface area contributed by atoms with Crippen LogP contribution in [0.4, 0.5) is 5.69 Å². The number of hydrogen-bond donors (Lipinski definition) is 1. The Morgan fingerprint density at radius 2 is 1.76 bits per heavy atom. The van der Waals surface area contributed by atoms with Gasteiger partial charge in [0, 0.05) is 16.5 Å². The molecule has 8 heteroatoms. The summed E-state index contributed by atoms with van der Waals surface area (Å²) in [7, 11) is -1.46. The van der Waals surface area contributed by atoms with Gasteiger partial charge in [0.2, 0.25) is 5.91 Å². The molecule has 3 aromatic rings. The van der Waals surface area contributed by atoms with Crippen LogP contribution in [0.1, 0.15) is 12.7 Å². The highest BCUT2D eigenvalue weighted by Gasteiger charge is 2.22. The molecule has 1 N–H and O–H groups in total. The molecule has 1 amide bonds. The van der Waals surface area contributed by atoms with Gasteiger partial charge in [0.1, 0.15) is 5.25 Å². The van der Waals surface area contributed by atoms with Gasteiger partial charge in [-0.15, -0.1) is 5.10 Å². The van der Waals surface area contributed by atoms with Crippen molar-refractivity contribution in [3.63, 3.8) is 0 Å². The van der Waals surface area contributed by atoms with Crippen molar-refractivity contribution in [2.45, 2.75) is 17.9 Å². The zero-order valence-electron chi connectivity index (χ0n) is 13.6. The summed E-state index contributed by atoms with van der Waals surface area (Å²) in [6.45, 7) is 1.63. The van der Waals surface area contributed by atoms with Gasteiger partial charge in [-0.3, -0.25) is 9.00 Å². The number of rotatable bonds is 6. The minimum atomic E-state index is -1.46. The highest BCUT2D eigenvalue weighted by molar-refractivity contribution is 7.85. The van der Waals surface area contributed by atoms with Crippen molar-refractivity contribution in [2.24, 2.45) is 0 Å². The summed E-state index contributed by atoms with van der Waals surface area (Å²) < 4.78 is 14.1. The van der Waals surface area contributed by atoms with Crippen molar-refractivity contribution < 1.29 is 9.00 Å². The van der Waals surface area contributed by atoms with Crippen LogP contribution in [-0.2, 0) is 21.3 Å². The van der Waals surface area contributed by atoms with Crippen LogP contribution in [0.15, 0.2) is 60.7 Å². The van der Waals surface area contributed by atoms with Gasteiger partial charge < -0.3 is 5.32 Å². The molecule has 2 aromatic carbocycles. The maximum atomic E-state index is 12.6. The Kier molecular flexibility index (Phi) is 5.30. The number of nitrogens with one attached hydrogen (secondary N) is 1. The zero-order chi connectivity index (χ0) is 17.6. The standard InChI is InChI=1S/C17H17N5O2S/c1-13(17(23)18-14-8-4-2-5-9-14)25(24)12-16-19-20-21-22(16)15-10-6-3-7-11-15/h2-11,13H,12H2,1H3,(H,18,23)/t13-,25-/m1/s1. The topological polar surface area (TPSA) is 89.8 Å². The fourth-order valence-corrected chi connectivity index (χ4v) is 3.18. The van der Waals surface area contributed by atoms with E-state index in [2.05, 4.69) is 20.8 Å². The molecule has 0 saturated heterocycles. The number of anilines is 1. The van der Waals surface area contributed by atoms with Gasteiger partial charge in [0.15, 0.2) is 5.82 Å². The number of carbonyl (C=O) groups excluding carboxylic acids is 1. The summed E-state index contributed by atoms with van der Waals surface area (Å²) in [5.74, 6) is 0.234. The van der Waals surface area contributed by atoms with E-state index in [1.165, 1.54) is 4.68 Å². The van der Waals surface area contributed by atoms with Gasteiger partial charge in [-0.05, 0) is 41.6 Å². The van der Waals surface area contributed by atoms with Gasteiger partial charge in [-0.1, -0.05) is 36.4 Å². The van der Waals surface area contributed by atoms with E-state index in [1.807, 2.05) is 48.5 Å². The second-order valence-corrected chi connectivity index (χ2v) is 7.12. The third kappa shape index (κ3) is 4.16. The molecule has 2 atom stereocenters. The van der Waals surface area contributed by atoms with Crippen molar-refractivity contribution in [1.29, 1.82) is 0 Å². The van der Waals surface area contributed by atoms with Crippen LogP contribution in [0.2, 0.25) is 0 Å². The number of nitrogens with zero attached hydrogens (tertiary/aromatic N) is 4. The third-order valence-electron chi connectivity index (χ3n) is 3.61. The average molecular weight is 355 g/mol. The van der Waals surface area contributed by atoms with Gasteiger partial charge in [0.25, 0.3) is 0 Å². The van der Waals surface area contributed by atoms with Crippen LogP contribution < -0.4 is 5.32 Å². The van der Waals surface area contributed by atoms with E-state index in [1.54, 1.807) is 19.1 Å². The monoisotopic (exact) mass is 355 g/mol. The van der Waals surface area contributed by atoms with Crippen molar-refractivity contribution >= 4 is 22.4 Å². The van der Waals surface area contributed by atoms with E-state index in [4.69, 9.17) is 0 Å². The molecule has 0 aliphatic carbocycles. The largest absolute Gasteiger partial charge is 0.325 e. The van der Waals surface area contributed by atoms with Crippen LogP contribution in [0.25, 0.3) is 5.69 Å². The normalized spacial score (nSPS) is 13.2. The minimum Gasteiger partial charge on any atom is -0.325 e. The molecule has 7 nitrogen and oxygen atoms in total. The van der Waals surface area contributed by atoms with Crippen molar-refractivity contribution in [3.05, 3.63) is 66.5 Å². The van der Waals surface area contributed by atoms with Crippen molar-refractivity contribution in [1.82, 2.24) is 20.2 Å². The number of amides is 1.